The van der Waals surface area contributed by atoms with Crippen LogP contribution >= 0.6 is 24.0 Å². The number of unbranched alkanes of at least 4 members (excludes halogenated alkanes) is 1. The first kappa shape index (κ1) is 23.2. The molecular weight excluding hydrogens is 460 g/mol. The van der Waals surface area contributed by atoms with Crippen molar-refractivity contribution in [1.82, 2.24) is 20.5 Å². The lowest BCUT2D eigenvalue weighted by atomic mass is 10.1. The molecule has 150 valence electrons. The summed E-state index contributed by atoms with van der Waals surface area (Å²) in [6, 6.07) is 4.76. The molecule has 0 bridgehead atoms. The molecule has 6 nitrogen and oxygen atoms in total. The van der Waals surface area contributed by atoms with Gasteiger partial charge in [0.1, 0.15) is 12.4 Å². The number of likely N-dealkylation sites (N-methyl/N-ethyl adjacent to an activating group) is 1. The summed E-state index contributed by atoms with van der Waals surface area (Å²) in [4.78, 5) is 20.7. The number of amides is 1. The van der Waals surface area contributed by atoms with Crippen molar-refractivity contribution in [2.75, 3.05) is 33.7 Å². The van der Waals surface area contributed by atoms with Gasteiger partial charge in [-0.25, -0.2) is 9.38 Å². The van der Waals surface area contributed by atoms with Crippen molar-refractivity contribution in [3.8, 4) is 0 Å². The van der Waals surface area contributed by atoms with Crippen LogP contribution in [0.4, 0.5) is 4.39 Å². The van der Waals surface area contributed by atoms with Gasteiger partial charge in [0.15, 0.2) is 5.96 Å². The molecule has 1 aromatic heterocycles. The molecule has 0 aliphatic rings. The topological polar surface area (TPSA) is 72.5 Å². The summed E-state index contributed by atoms with van der Waals surface area (Å²) in [5.41, 5.74) is 1.91. The number of carbonyl (C=O) groups is 1. The third-order valence-electron chi connectivity index (χ3n) is 4.11. The van der Waals surface area contributed by atoms with E-state index >= 15 is 0 Å². The number of nitrogens with one attached hydrogen (secondary N) is 3. The average Bonchev–Trinajstić information content (AvgIpc) is 3.01. The Labute approximate surface area is 177 Å². The molecule has 0 unspecified atom stereocenters. The van der Waals surface area contributed by atoms with Crippen molar-refractivity contribution in [3.05, 3.63) is 35.8 Å². The molecule has 0 aliphatic carbocycles. The Morgan fingerprint density at radius 3 is 2.70 bits per heavy atom. The number of aromatic nitrogens is 1. The highest BCUT2D eigenvalue weighted by atomic mass is 127. The number of halogens is 2. The molecule has 2 rings (SSSR count). The Bertz CT molecular complexity index is 760. The van der Waals surface area contributed by atoms with Crippen molar-refractivity contribution in [2.24, 2.45) is 4.99 Å². The number of benzene rings is 1. The summed E-state index contributed by atoms with van der Waals surface area (Å²) in [6.07, 6.45) is 4.80. The zero-order valence-electron chi connectivity index (χ0n) is 16.1. The SMILES string of the molecule is CCCCNC(=NCC(=O)N(C)C)NCCc1c[nH]c2cc(F)ccc12.I. The van der Waals surface area contributed by atoms with E-state index in [2.05, 4.69) is 27.5 Å². The molecule has 0 atom stereocenters. The van der Waals surface area contributed by atoms with Crippen LogP contribution in [-0.2, 0) is 11.2 Å². The van der Waals surface area contributed by atoms with Crippen LogP contribution in [0, 0.1) is 5.82 Å². The smallest absolute Gasteiger partial charge is 0.243 e. The Morgan fingerprint density at radius 2 is 2.00 bits per heavy atom. The van der Waals surface area contributed by atoms with Crippen molar-refractivity contribution in [1.29, 1.82) is 0 Å². The Hall–Kier alpha value is -1.84. The number of guanidine groups is 1. The third-order valence-corrected chi connectivity index (χ3v) is 4.11. The minimum Gasteiger partial charge on any atom is -0.361 e. The lowest BCUT2D eigenvalue weighted by Gasteiger charge is -2.13. The molecular formula is C19H29FIN5O. The Kier molecular flexibility index (Phi) is 10.1. The maximum Gasteiger partial charge on any atom is 0.243 e. The highest BCUT2D eigenvalue weighted by Crippen LogP contribution is 2.19. The molecule has 1 amide bonds. The lowest BCUT2D eigenvalue weighted by molar-refractivity contribution is -0.127. The minimum absolute atomic E-state index is 0. The third kappa shape index (κ3) is 7.36. The fourth-order valence-corrected chi connectivity index (χ4v) is 2.53. The number of hydrogen-bond acceptors (Lipinski definition) is 2. The first-order valence-electron chi connectivity index (χ1n) is 8.99. The number of aliphatic imine (C=N–C) groups is 1. The Balaban J connectivity index is 0.00000364. The molecule has 0 saturated carbocycles. The van der Waals surface area contributed by atoms with Crippen LogP contribution in [0.3, 0.4) is 0 Å². The van der Waals surface area contributed by atoms with E-state index in [0.717, 1.165) is 42.3 Å². The average molecular weight is 489 g/mol. The van der Waals surface area contributed by atoms with Gasteiger partial charge in [0, 0.05) is 44.3 Å². The number of carbonyl (C=O) groups excluding carboxylic acids is 1. The molecule has 1 heterocycles. The van der Waals surface area contributed by atoms with Gasteiger partial charge in [-0.1, -0.05) is 13.3 Å². The molecule has 8 heteroatoms. The van der Waals surface area contributed by atoms with E-state index in [0.29, 0.717) is 12.5 Å². The monoisotopic (exact) mass is 489 g/mol. The van der Waals surface area contributed by atoms with E-state index in [9.17, 15) is 9.18 Å². The predicted octanol–water partition coefficient (Wildman–Crippen LogP) is 2.89. The number of nitrogens with zero attached hydrogens (tertiary/aromatic N) is 2. The highest BCUT2D eigenvalue weighted by Gasteiger charge is 2.07. The Morgan fingerprint density at radius 1 is 1.26 bits per heavy atom. The summed E-state index contributed by atoms with van der Waals surface area (Å²) in [5.74, 6) is 0.351. The van der Waals surface area contributed by atoms with E-state index in [-0.39, 0.29) is 42.2 Å². The first-order chi connectivity index (χ1) is 12.5. The van der Waals surface area contributed by atoms with Gasteiger partial charge in [-0.05, 0) is 36.6 Å². The summed E-state index contributed by atoms with van der Waals surface area (Å²) in [7, 11) is 3.44. The minimum atomic E-state index is -0.246. The van der Waals surface area contributed by atoms with Gasteiger partial charge >= 0.3 is 0 Å². The fourth-order valence-electron chi connectivity index (χ4n) is 2.53. The summed E-state index contributed by atoms with van der Waals surface area (Å²) >= 11 is 0. The van der Waals surface area contributed by atoms with Crippen LogP contribution in [0.15, 0.2) is 29.4 Å². The normalized spacial score (nSPS) is 11.2. The van der Waals surface area contributed by atoms with E-state index in [1.165, 1.54) is 17.0 Å². The second-order valence-electron chi connectivity index (χ2n) is 6.41. The molecule has 3 N–H and O–H groups in total. The summed E-state index contributed by atoms with van der Waals surface area (Å²) in [5, 5.41) is 7.54. The molecule has 1 aromatic carbocycles. The van der Waals surface area contributed by atoms with Gasteiger partial charge in [0.25, 0.3) is 0 Å². The van der Waals surface area contributed by atoms with Crippen LogP contribution in [0.25, 0.3) is 10.9 Å². The molecule has 0 saturated heterocycles. The largest absolute Gasteiger partial charge is 0.361 e. The van der Waals surface area contributed by atoms with Crippen LogP contribution in [0.5, 0.6) is 0 Å². The zero-order valence-corrected chi connectivity index (χ0v) is 18.5. The first-order valence-corrected chi connectivity index (χ1v) is 8.99. The van der Waals surface area contributed by atoms with Crippen molar-refractivity contribution < 1.29 is 9.18 Å². The van der Waals surface area contributed by atoms with Crippen molar-refractivity contribution in [2.45, 2.75) is 26.2 Å². The summed E-state index contributed by atoms with van der Waals surface area (Å²) in [6.45, 7) is 3.71. The zero-order chi connectivity index (χ0) is 18.9. The van der Waals surface area contributed by atoms with E-state index < -0.39 is 0 Å². The van der Waals surface area contributed by atoms with Crippen molar-refractivity contribution >= 4 is 46.7 Å². The number of fused-ring (bicyclic) bond motifs is 1. The maximum atomic E-state index is 13.3. The molecule has 2 aromatic rings. The molecule has 27 heavy (non-hydrogen) atoms. The second-order valence-corrected chi connectivity index (χ2v) is 6.41. The maximum absolute atomic E-state index is 13.3. The van der Waals surface area contributed by atoms with E-state index in [1.807, 2.05) is 6.20 Å². The highest BCUT2D eigenvalue weighted by molar-refractivity contribution is 14.0. The number of rotatable bonds is 8. The van der Waals surface area contributed by atoms with Crippen LogP contribution in [0.2, 0.25) is 0 Å². The quantitative estimate of drug-likeness (QED) is 0.231. The van der Waals surface area contributed by atoms with Crippen molar-refractivity contribution in [3.63, 3.8) is 0 Å². The van der Waals surface area contributed by atoms with Crippen LogP contribution in [0.1, 0.15) is 25.3 Å². The molecule has 0 radical (unpaired) electrons. The van der Waals surface area contributed by atoms with Gasteiger partial charge < -0.3 is 20.5 Å². The molecule has 0 aliphatic heterocycles. The number of aromatic amines is 1. The predicted molar refractivity (Wildman–Crippen MR) is 119 cm³/mol. The molecule has 0 fully saturated rings. The van der Waals surface area contributed by atoms with E-state index in [1.54, 1.807) is 20.2 Å². The van der Waals surface area contributed by atoms with Gasteiger partial charge in [-0.3, -0.25) is 4.79 Å². The van der Waals surface area contributed by atoms with Gasteiger partial charge in [0.05, 0.1) is 0 Å². The van der Waals surface area contributed by atoms with Crippen LogP contribution < -0.4 is 10.6 Å². The van der Waals surface area contributed by atoms with E-state index in [4.69, 9.17) is 0 Å². The fraction of sp³-hybridized carbons (Fsp3) is 0.474. The standard InChI is InChI=1S/C19H28FN5O.HI/c1-4-5-9-21-19(24-13-18(26)25(2)3)22-10-8-14-12-23-17-11-15(20)6-7-16(14)17;/h6-7,11-12,23H,4-5,8-10,13H2,1-3H3,(H2,21,22,24);1H. The molecule has 0 spiro atoms. The van der Waals surface area contributed by atoms with Crippen LogP contribution in [-0.4, -0.2) is 55.5 Å². The second kappa shape index (κ2) is 11.8. The number of hydrogen-bond donors (Lipinski definition) is 3. The van der Waals surface area contributed by atoms with Gasteiger partial charge in [-0.15, -0.1) is 24.0 Å². The van der Waals surface area contributed by atoms with Gasteiger partial charge in [-0.2, -0.15) is 0 Å². The summed E-state index contributed by atoms with van der Waals surface area (Å²) < 4.78 is 13.3. The number of H-pyrrole nitrogens is 1. The lowest BCUT2D eigenvalue weighted by Crippen LogP contribution is -2.39. The van der Waals surface area contributed by atoms with Gasteiger partial charge in [0.2, 0.25) is 5.91 Å².